The highest BCUT2D eigenvalue weighted by molar-refractivity contribution is 5.79. The molecule has 1 atom stereocenters. The lowest BCUT2D eigenvalue weighted by Gasteiger charge is -2.42. The van der Waals surface area contributed by atoms with E-state index in [1.807, 2.05) is 11.8 Å². The molecule has 28 heavy (non-hydrogen) atoms. The van der Waals surface area contributed by atoms with Gasteiger partial charge in [-0.3, -0.25) is 14.5 Å². The Bertz CT molecular complexity index is 662. The third-order valence-corrected chi connectivity index (χ3v) is 5.15. The molecule has 0 radical (unpaired) electrons. The molecule has 2 saturated heterocycles. The maximum atomic E-state index is 13.0. The van der Waals surface area contributed by atoms with Crippen LogP contribution in [0.25, 0.3) is 0 Å². The molecule has 3 rings (SSSR count). The molecular weight excluding hydrogens is 365 g/mol. The highest BCUT2D eigenvalue weighted by Gasteiger charge is 2.34. The summed E-state index contributed by atoms with van der Waals surface area (Å²) in [6.45, 7) is 5.39. The maximum Gasteiger partial charge on any atom is 0.248 e. The van der Waals surface area contributed by atoms with Crippen molar-refractivity contribution in [1.29, 1.82) is 0 Å². The molecule has 0 saturated carbocycles. The number of carbonyl (C=O) groups excluding carboxylic acids is 2. The number of likely N-dealkylation sites (N-methyl/N-ethyl adjacent to an activating group) is 1. The summed E-state index contributed by atoms with van der Waals surface area (Å²) < 4.78 is 24.2. The fourth-order valence-electron chi connectivity index (χ4n) is 3.66. The van der Waals surface area contributed by atoms with Gasteiger partial charge in [0.1, 0.15) is 30.9 Å². The normalized spacial score (nSPS) is 21.6. The summed E-state index contributed by atoms with van der Waals surface area (Å²) in [5.41, 5.74) is 0. The molecular formula is C20H28FN3O4. The van der Waals surface area contributed by atoms with Crippen molar-refractivity contribution in [1.82, 2.24) is 15.1 Å². The molecule has 0 aromatic heterocycles. The molecule has 0 bridgehead atoms. The fraction of sp³-hybridized carbons (Fsp3) is 0.600. The monoisotopic (exact) mass is 393 g/mol. The first-order chi connectivity index (χ1) is 13.5. The Hall–Kier alpha value is -2.19. The van der Waals surface area contributed by atoms with Crippen LogP contribution >= 0.6 is 0 Å². The molecule has 1 N–H and O–H groups in total. The summed E-state index contributed by atoms with van der Waals surface area (Å²) in [4.78, 5) is 28.1. The van der Waals surface area contributed by atoms with Crippen molar-refractivity contribution < 1.29 is 23.5 Å². The molecule has 1 aromatic rings. The number of carbonyl (C=O) groups is 2. The summed E-state index contributed by atoms with van der Waals surface area (Å²) in [5.74, 6) is 0.310. The second-order valence-electron chi connectivity index (χ2n) is 7.20. The number of nitrogens with zero attached hydrogens (tertiary/aromatic N) is 2. The van der Waals surface area contributed by atoms with Crippen LogP contribution in [0, 0.1) is 5.82 Å². The van der Waals surface area contributed by atoms with Crippen molar-refractivity contribution in [2.24, 2.45) is 0 Å². The van der Waals surface area contributed by atoms with Gasteiger partial charge in [-0.05, 0) is 44.0 Å². The minimum absolute atomic E-state index is 0.000193. The van der Waals surface area contributed by atoms with Crippen LogP contribution in [0.3, 0.4) is 0 Å². The molecule has 2 aliphatic heterocycles. The number of rotatable bonds is 7. The standard InChI is InChI=1S/C20H28FN3O4/c1-2-22-19(25)12-23-9-7-16(8-10-23)24-11-18(28-14-20(24)26)13-27-17-5-3-15(21)4-6-17/h3-6,16,18H,2,7-14H2,1H3,(H,22,25)/t18-/m1/s1. The first-order valence-corrected chi connectivity index (χ1v) is 9.83. The summed E-state index contributed by atoms with van der Waals surface area (Å²) in [5, 5.41) is 2.81. The zero-order valence-electron chi connectivity index (χ0n) is 16.2. The molecule has 2 aliphatic rings. The zero-order chi connectivity index (χ0) is 19.9. The number of amides is 2. The van der Waals surface area contributed by atoms with E-state index in [-0.39, 0.29) is 36.4 Å². The van der Waals surface area contributed by atoms with Gasteiger partial charge in [0.05, 0.1) is 13.1 Å². The molecule has 154 valence electrons. The van der Waals surface area contributed by atoms with Crippen LogP contribution in [0.15, 0.2) is 24.3 Å². The fourth-order valence-corrected chi connectivity index (χ4v) is 3.66. The minimum Gasteiger partial charge on any atom is -0.491 e. The van der Waals surface area contributed by atoms with E-state index in [9.17, 15) is 14.0 Å². The van der Waals surface area contributed by atoms with Crippen molar-refractivity contribution in [3.63, 3.8) is 0 Å². The highest BCUT2D eigenvalue weighted by atomic mass is 19.1. The predicted molar refractivity (Wildman–Crippen MR) is 101 cm³/mol. The number of ether oxygens (including phenoxy) is 2. The second-order valence-corrected chi connectivity index (χ2v) is 7.20. The Kier molecular flexibility index (Phi) is 7.22. The van der Waals surface area contributed by atoms with Crippen LogP contribution in [-0.2, 0) is 14.3 Å². The van der Waals surface area contributed by atoms with Crippen LogP contribution < -0.4 is 10.1 Å². The van der Waals surface area contributed by atoms with Gasteiger partial charge in [-0.2, -0.15) is 0 Å². The molecule has 2 fully saturated rings. The Balaban J connectivity index is 1.46. The second kappa shape index (κ2) is 9.84. The van der Waals surface area contributed by atoms with Crippen LogP contribution in [0.4, 0.5) is 4.39 Å². The van der Waals surface area contributed by atoms with Gasteiger partial charge in [0.2, 0.25) is 11.8 Å². The van der Waals surface area contributed by atoms with Gasteiger partial charge in [0, 0.05) is 25.7 Å². The molecule has 7 nitrogen and oxygen atoms in total. The number of nitrogens with one attached hydrogen (secondary N) is 1. The number of hydrogen-bond acceptors (Lipinski definition) is 5. The third kappa shape index (κ3) is 5.65. The van der Waals surface area contributed by atoms with E-state index in [1.165, 1.54) is 12.1 Å². The molecule has 1 aromatic carbocycles. The van der Waals surface area contributed by atoms with Crippen molar-refractivity contribution in [3.8, 4) is 5.75 Å². The van der Waals surface area contributed by atoms with E-state index in [0.29, 0.717) is 32.0 Å². The average Bonchev–Trinajstić information content (AvgIpc) is 2.69. The van der Waals surface area contributed by atoms with Gasteiger partial charge in [0.25, 0.3) is 0 Å². The van der Waals surface area contributed by atoms with Gasteiger partial charge < -0.3 is 19.7 Å². The first kappa shape index (κ1) is 20.5. The number of halogens is 1. The maximum absolute atomic E-state index is 13.0. The van der Waals surface area contributed by atoms with Crippen LogP contribution in [0.1, 0.15) is 19.8 Å². The zero-order valence-corrected chi connectivity index (χ0v) is 16.2. The van der Waals surface area contributed by atoms with Gasteiger partial charge in [-0.15, -0.1) is 0 Å². The number of benzene rings is 1. The minimum atomic E-state index is -0.309. The van der Waals surface area contributed by atoms with E-state index in [2.05, 4.69) is 10.2 Å². The number of hydrogen-bond donors (Lipinski definition) is 1. The highest BCUT2D eigenvalue weighted by Crippen LogP contribution is 2.21. The molecule has 0 spiro atoms. The number of likely N-dealkylation sites (tertiary alicyclic amines) is 1. The van der Waals surface area contributed by atoms with Crippen molar-refractivity contribution in [2.75, 3.05) is 45.9 Å². The number of piperidine rings is 1. The topological polar surface area (TPSA) is 71.1 Å². The van der Waals surface area contributed by atoms with E-state index in [1.54, 1.807) is 12.1 Å². The van der Waals surface area contributed by atoms with Crippen molar-refractivity contribution in [2.45, 2.75) is 31.9 Å². The largest absolute Gasteiger partial charge is 0.491 e. The third-order valence-electron chi connectivity index (χ3n) is 5.15. The van der Waals surface area contributed by atoms with Crippen LogP contribution in [0.5, 0.6) is 5.75 Å². The smallest absolute Gasteiger partial charge is 0.248 e. The number of morpholine rings is 1. The van der Waals surface area contributed by atoms with Crippen molar-refractivity contribution >= 4 is 11.8 Å². The summed E-state index contributed by atoms with van der Waals surface area (Å²) in [6.07, 6.45) is 1.48. The van der Waals surface area contributed by atoms with Crippen LogP contribution in [0.2, 0.25) is 0 Å². The summed E-state index contributed by atoms with van der Waals surface area (Å²) >= 11 is 0. The van der Waals surface area contributed by atoms with E-state index in [4.69, 9.17) is 9.47 Å². The molecule has 2 amide bonds. The van der Waals surface area contributed by atoms with Gasteiger partial charge in [-0.25, -0.2) is 4.39 Å². The predicted octanol–water partition coefficient (Wildman–Crippen LogP) is 1.03. The average molecular weight is 393 g/mol. The Morgan fingerprint density at radius 1 is 1.29 bits per heavy atom. The lowest BCUT2D eigenvalue weighted by molar-refractivity contribution is -0.155. The lowest BCUT2D eigenvalue weighted by Crippen LogP contribution is -2.55. The van der Waals surface area contributed by atoms with Gasteiger partial charge >= 0.3 is 0 Å². The Morgan fingerprint density at radius 2 is 2.00 bits per heavy atom. The van der Waals surface area contributed by atoms with Crippen LogP contribution in [-0.4, -0.2) is 79.7 Å². The summed E-state index contributed by atoms with van der Waals surface area (Å²) in [6, 6.07) is 6.01. The summed E-state index contributed by atoms with van der Waals surface area (Å²) in [7, 11) is 0. The quantitative estimate of drug-likeness (QED) is 0.749. The van der Waals surface area contributed by atoms with E-state index < -0.39 is 0 Å². The Labute approximate surface area is 164 Å². The van der Waals surface area contributed by atoms with Crippen molar-refractivity contribution in [3.05, 3.63) is 30.1 Å². The molecule has 0 aliphatic carbocycles. The lowest BCUT2D eigenvalue weighted by atomic mass is 10.0. The first-order valence-electron chi connectivity index (χ1n) is 9.83. The van der Waals surface area contributed by atoms with E-state index in [0.717, 1.165) is 25.9 Å². The SMILES string of the molecule is CCNC(=O)CN1CCC(N2C[C@H](COc3ccc(F)cc3)OCC2=O)CC1. The molecule has 2 heterocycles. The Morgan fingerprint density at radius 3 is 2.68 bits per heavy atom. The van der Waals surface area contributed by atoms with Gasteiger partial charge in [0.15, 0.2) is 0 Å². The van der Waals surface area contributed by atoms with Gasteiger partial charge in [-0.1, -0.05) is 0 Å². The molecule has 8 heteroatoms. The molecule has 0 unspecified atom stereocenters. The van der Waals surface area contributed by atoms with E-state index >= 15 is 0 Å².